The fourth-order valence-electron chi connectivity index (χ4n) is 4.12. The van der Waals surface area contributed by atoms with Crippen LogP contribution in [0.3, 0.4) is 0 Å². The van der Waals surface area contributed by atoms with Gasteiger partial charge in [-0.1, -0.05) is 72.0 Å². The molecule has 0 unspecified atom stereocenters. The summed E-state index contributed by atoms with van der Waals surface area (Å²) in [6.07, 6.45) is 3.52. The molecule has 0 aliphatic carbocycles. The molecule has 0 saturated carbocycles. The average Bonchev–Trinajstić information content (AvgIpc) is 3.44. The summed E-state index contributed by atoms with van der Waals surface area (Å²) in [7, 11) is 0. The van der Waals surface area contributed by atoms with Crippen molar-refractivity contribution in [3.05, 3.63) is 109 Å². The van der Waals surface area contributed by atoms with Gasteiger partial charge in [-0.2, -0.15) is 5.10 Å². The smallest absolute Gasteiger partial charge is 0.338 e. The van der Waals surface area contributed by atoms with E-state index in [0.29, 0.717) is 20.6 Å². The van der Waals surface area contributed by atoms with E-state index in [-0.39, 0.29) is 12.2 Å². The maximum Gasteiger partial charge on any atom is 0.338 e. The van der Waals surface area contributed by atoms with Crippen molar-refractivity contribution < 1.29 is 9.53 Å². The molecule has 1 aliphatic heterocycles. The zero-order valence-corrected chi connectivity index (χ0v) is 19.5. The Morgan fingerprint density at radius 3 is 2.56 bits per heavy atom. The maximum atomic E-state index is 13.7. The van der Waals surface area contributed by atoms with Crippen LogP contribution in [0.5, 0.6) is 0 Å². The number of nitrogens with zero attached hydrogens (tertiary/aromatic N) is 3. The molecule has 1 aliphatic rings. The fraction of sp³-hybridized carbons (Fsp3) is 0.154. The van der Waals surface area contributed by atoms with E-state index in [4.69, 9.17) is 4.74 Å². The molecular formula is C26H22N4O3S. The Morgan fingerprint density at radius 1 is 1.15 bits per heavy atom. The van der Waals surface area contributed by atoms with E-state index in [0.717, 1.165) is 22.4 Å². The lowest BCUT2D eigenvalue weighted by atomic mass is 9.96. The molecule has 2 aromatic carbocycles. The van der Waals surface area contributed by atoms with Crippen LogP contribution in [0.1, 0.15) is 31.0 Å². The first kappa shape index (κ1) is 21.8. The summed E-state index contributed by atoms with van der Waals surface area (Å²) in [5.41, 5.74) is 4.13. The predicted molar refractivity (Wildman–Crippen MR) is 131 cm³/mol. The van der Waals surface area contributed by atoms with Gasteiger partial charge in [0.15, 0.2) is 4.80 Å². The number of carbonyl (C=O) groups is 1. The van der Waals surface area contributed by atoms with E-state index in [9.17, 15) is 9.59 Å². The highest BCUT2D eigenvalue weighted by Gasteiger charge is 2.33. The SMILES string of the molecule is CCOC(=O)C1=C(C)N=c2s/c(=C\c3cn[nH]c3-c3ccccc3)c(=O)n2[C@H]1c1ccccc1. The van der Waals surface area contributed by atoms with E-state index in [1.165, 1.54) is 11.3 Å². The molecule has 2 aromatic heterocycles. The molecule has 34 heavy (non-hydrogen) atoms. The highest BCUT2D eigenvalue weighted by atomic mass is 32.1. The Balaban J connectivity index is 1.70. The lowest BCUT2D eigenvalue weighted by Gasteiger charge is -2.24. The Kier molecular flexibility index (Phi) is 5.81. The van der Waals surface area contributed by atoms with Crippen LogP contribution in [0.4, 0.5) is 0 Å². The largest absolute Gasteiger partial charge is 0.463 e. The molecule has 0 fully saturated rings. The quantitative estimate of drug-likeness (QED) is 0.454. The number of benzene rings is 2. The van der Waals surface area contributed by atoms with Crippen molar-refractivity contribution in [2.75, 3.05) is 6.61 Å². The first-order chi connectivity index (χ1) is 16.6. The number of hydrogen-bond donors (Lipinski definition) is 1. The minimum absolute atomic E-state index is 0.216. The fourth-order valence-corrected chi connectivity index (χ4v) is 5.16. The molecule has 1 N–H and O–H groups in total. The van der Waals surface area contributed by atoms with Gasteiger partial charge >= 0.3 is 5.97 Å². The third kappa shape index (κ3) is 3.82. The van der Waals surface area contributed by atoms with Crippen LogP contribution >= 0.6 is 11.3 Å². The van der Waals surface area contributed by atoms with Crippen molar-refractivity contribution in [1.82, 2.24) is 14.8 Å². The van der Waals surface area contributed by atoms with Crippen molar-refractivity contribution in [1.29, 1.82) is 0 Å². The van der Waals surface area contributed by atoms with Crippen LogP contribution in [0.15, 0.2) is 87.9 Å². The highest BCUT2D eigenvalue weighted by Crippen LogP contribution is 2.30. The number of aromatic nitrogens is 3. The number of allylic oxidation sites excluding steroid dienone is 1. The summed E-state index contributed by atoms with van der Waals surface area (Å²) >= 11 is 1.29. The Labute approximate surface area is 199 Å². The number of nitrogens with one attached hydrogen (secondary N) is 1. The van der Waals surface area contributed by atoms with Crippen LogP contribution in [0, 0.1) is 0 Å². The van der Waals surface area contributed by atoms with E-state index >= 15 is 0 Å². The summed E-state index contributed by atoms with van der Waals surface area (Å²) in [6, 6.07) is 18.7. The van der Waals surface area contributed by atoms with Crippen molar-refractivity contribution in [2.45, 2.75) is 19.9 Å². The zero-order chi connectivity index (χ0) is 23.7. The molecule has 4 aromatic rings. The van der Waals surface area contributed by atoms with Gasteiger partial charge in [0.05, 0.1) is 40.3 Å². The van der Waals surface area contributed by atoms with E-state index in [1.807, 2.05) is 66.7 Å². The van der Waals surface area contributed by atoms with Crippen molar-refractivity contribution in [3.8, 4) is 11.3 Å². The molecule has 3 heterocycles. The Hall–Kier alpha value is -4.04. The van der Waals surface area contributed by atoms with Crippen LogP contribution < -0.4 is 14.9 Å². The maximum absolute atomic E-state index is 13.7. The summed E-state index contributed by atoms with van der Waals surface area (Å²) in [4.78, 5) is 31.7. The molecular weight excluding hydrogens is 448 g/mol. The molecule has 0 radical (unpaired) electrons. The third-order valence-corrected chi connectivity index (χ3v) is 6.63. The lowest BCUT2D eigenvalue weighted by Crippen LogP contribution is -2.39. The molecule has 8 heteroatoms. The standard InChI is InChI=1S/C26H22N4O3S/c1-3-33-25(32)21-16(2)28-26-30(23(21)18-12-8-5-9-13-18)24(31)20(34-26)14-19-15-27-29-22(19)17-10-6-4-7-11-17/h4-15,23H,3H2,1-2H3,(H,27,29)/b20-14-/t23-/m0/s1. The molecule has 1 atom stereocenters. The number of ether oxygens (including phenoxy) is 1. The second kappa shape index (κ2) is 9.07. The van der Waals surface area contributed by atoms with Gasteiger partial charge < -0.3 is 4.74 Å². The number of aromatic amines is 1. The van der Waals surface area contributed by atoms with Crippen LogP contribution in [0.2, 0.25) is 0 Å². The monoisotopic (exact) mass is 470 g/mol. The molecule has 0 bridgehead atoms. The average molecular weight is 471 g/mol. The van der Waals surface area contributed by atoms with Crippen molar-refractivity contribution in [3.63, 3.8) is 0 Å². The van der Waals surface area contributed by atoms with Gasteiger partial charge in [-0.25, -0.2) is 9.79 Å². The number of hydrogen-bond acceptors (Lipinski definition) is 6. The van der Waals surface area contributed by atoms with Gasteiger partial charge in [-0.15, -0.1) is 0 Å². The second-order valence-corrected chi connectivity index (χ2v) is 8.79. The summed E-state index contributed by atoms with van der Waals surface area (Å²) in [5.74, 6) is -0.465. The van der Waals surface area contributed by atoms with Gasteiger partial charge in [0, 0.05) is 11.1 Å². The molecule has 7 nitrogen and oxygen atoms in total. The van der Waals surface area contributed by atoms with E-state index in [2.05, 4.69) is 15.2 Å². The summed E-state index contributed by atoms with van der Waals surface area (Å²) in [5, 5.41) is 7.21. The van der Waals surface area contributed by atoms with Crippen molar-refractivity contribution >= 4 is 23.4 Å². The number of thiazole rings is 1. The van der Waals surface area contributed by atoms with Crippen molar-refractivity contribution in [2.24, 2.45) is 4.99 Å². The topological polar surface area (TPSA) is 89.3 Å². The molecule has 0 spiro atoms. The molecule has 0 saturated heterocycles. The lowest BCUT2D eigenvalue weighted by molar-refractivity contribution is -0.139. The normalized spacial score (nSPS) is 15.7. The Morgan fingerprint density at radius 2 is 1.85 bits per heavy atom. The number of H-pyrrole nitrogens is 1. The number of fused-ring (bicyclic) bond motifs is 1. The molecule has 0 amide bonds. The van der Waals surface area contributed by atoms with Gasteiger partial charge in [-0.3, -0.25) is 14.5 Å². The zero-order valence-electron chi connectivity index (χ0n) is 18.7. The van der Waals surface area contributed by atoms with Gasteiger partial charge in [0.1, 0.15) is 0 Å². The number of esters is 1. The Bertz CT molecular complexity index is 1560. The number of carbonyl (C=O) groups excluding carboxylic acids is 1. The van der Waals surface area contributed by atoms with Crippen LogP contribution in [0.25, 0.3) is 17.3 Å². The van der Waals surface area contributed by atoms with E-state index in [1.54, 1.807) is 24.6 Å². The minimum Gasteiger partial charge on any atom is -0.463 e. The third-order valence-electron chi connectivity index (χ3n) is 5.65. The summed E-state index contributed by atoms with van der Waals surface area (Å²) < 4.78 is 7.43. The van der Waals surface area contributed by atoms with Gasteiger partial charge in [0.25, 0.3) is 5.56 Å². The number of rotatable bonds is 5. The van der Waals surface area contributed by atoms with Crippen LogP contribution in [-0.2, 0) is 9.53 Å². The van der Waals surface area contributed by atoms with Gasteiger partial charge in [0.2, 0.25) is 0 Å². The summed E-state index contributed by atoms with van der Waals surface area (Å²) in [6.45, 7) is 3.78. The molecule has 170 valence electrons. The van der Waals surface area contributed by atoms with Gasteiger partial charge in [-0.05, 0) is 25.5 Å². The van der Waals surface area contributed by atoms with E-state index < -0.39 is 12.0 Å². The predicted octanol–water partition coefficient (Wildman–Crippen LogP) is 3.19. The first-order valence-electron chi connectivity index (χ1n) is 10.9. The second-order valence-electron chi connectivity index (χ2n) is 7.78. The first-order valence-corrected chi connectivity index (χ1v) is 11.7. The molecule has 5 rings (SSSR count). The minimum atomic E-state index is -0.614. The highest BCUT2D eigenvalue weighted by molar-refractivity contribution is 7.07. The van der Waals surface area contributed by atoms with Crippen LogP contribution in [-0.4, -0.2) is 27.3 Å².